The Bertz CT molecular complexity index is 469. The number of oxime groups is 1. The third-order valence-corrected chi connectivity index (χ3v) is 2.86. The maximum Gasteiger partial charge on any atom is 0.400 e. The number of amidine groups is 1. The number of alkyl halides is 3. The maximum atomic E-state index is 12.7. The minimum Gasteiger partial charge on any atom is -0.409 e. The number of nitrogens with two attached hydrogens (primary N) is 1. The van der Waals surface area contributed by atoms with Crippen molar-refractivity contribution < 1.29 is 18.4 Å². The fraction of sp³-hybridized carbons (Fsp3) is 0.636. The number of aromatic nitrogens is 2. The van der Waals surface area contributed by atoms with Crippen molar-refractivity contribution in [3.8, 4) is 0 Å². The zero-order valence-corrected chi connectivity index (χ0v) is 11.3. The minimum atomic E-state index is -4.56. The molecule has 9 heteroatoms. The summed E-state index contributed by atoms with van der Waals surface area (Å²) < 4.78 is 39.7. The molecule has 1 unspecified atom stereocenters. The van der Waals surface area contributed by atoms with Gasteiger partial charge in [0.05, 0.1) is 5.69 Å². The monoisotopic (exact) mass is 293 g/mol. The molecular weight excluding hydrogens is 275 g/mol. The summed E-state index contributed by atoms with van der Waals surface area (Å²) in [6.07, 6.45) is -2.12. The quantitative estimate of drug-likeness (QED) is 0.316. The summed E-state index contributed by atoms with van der Waals surface area (Å²) in [5, 5.41) is 17.7. The summed E-state index contributed by atoms with van der Waals surface area (Å²) in [6.45, 7) is 1.69. The molecule has 4 N–H and O–H groups in total. The van der Waals surface area contributed by atoms with Crippen LogP contribution in [-0.2, 0) is 20.0 Å². The fourth-order valence-corrected chi connectivity index (χ4v) is 1.84. The zero-order valence-electron chi connectivity index (χ0n) is 11.3. The van der Waals surface area contributed by atoms with Crippen LogP contribution in [0.4, 0.5) is 13.2 Å². The summed E-state index contributed by atoms with van der Waals surface area (Å²) >= 11 is 0. The molecule has 0 aromatic carbocycles. The van der Waals surface area contributed by atoms with Crippen molar-refractivity contribution >= 4 is 5.84 Å². The molecule has 0 bridgehead atoms. The SMILES string of the molecule is CCc1nn(C)cc1CNCC(/C(N)=N/O)C(F)(F)F. The number of hydrogen-bond acceptors (Lipinski definition) is 4. The molecule has 0 aliphatic heterocycles. The highest BCUT2D eigenvalue weighted by Gasteiger charge is 2.42. The van der Waals surface area contributed by atoms with Gasteiger partial charge in [-0.1, -0.05) is 12.1 Å². The number of halogens is 3. The molecule has 0 spiro atoms. The van der Waals surface area contributed by atoms with Crippen molar-refractivity contribution in [3.05, 3.63) is 17.5 Å². The second-order valence-electron chi connectivity index (χ2n) is 4.38. The van der Waals surface area contributed by atoms with Gasteiger partial charge in [0.2, 0.25) is 0 Å². The van der Waals surface area contributed by atoms with E-state index in [4.69, 9.17) is 10.9 Å². The van der Waals surface area contributed by atoms with Crippen molar-refractivity contribution in [2.24, 2.45) is 23.9 Å². The third kappa shape index (κ3) is 4.12. The van der Waals surface area contributed by atoms with Crippen LogP contribution in [0.3, 0.4) is 0 Å². The van der Waals surface area contributed by atoms with E-state index in [0.717, 1.165) is 11.3 Å². The van der Waals surface area contributed by atoms with E-state index in [-0.39, 0.29) is 6.54 Å². The van der Waals surface area contributed by atoms with Gasteiger partial charge in [-0.05, 0) is 6.42 Å². The average Bonchev–Trinajstić information content (AvgIpc) is 2.72. The normalized spacial score (nSPS) is 14.6. The predicted octanol–water partition coefficient (Wildman–Crippen LogP) is 0.997. The average molecular weight is 293 g/mol. The number of rotatable bonds is 6. The number of nitrogens with zero attached hydrogens (tertiary/aromatic N) is 3. The molecule has 0 saturated heterocycles. The summed E-state index contributed by atoms with van der Waals surface area (Å²) in [7, 11) is 1.75. The molecular formula is C11H18F3N5O. The van der Waals surface area contributed by atoms with Gasteiger partial charge in [0.1, 0.15) is 5.92 Å². The zero-order chi connectivity index (χ0) is 15.3. The Morgan fingerprint density at radius 2 is 2.25 bits per heavy atom. The van der Waals surface area contributed by atoms with Gasteiger partial charge in [-0.15, -0.1) is 0 Å². The number of aryl methyl sites for hydroxylation is 2. The first-order chi connectivity index (χ1) is 9.29. The molecule has 0 fully saturated rings. The van der Waals surface area contributed by atoms with Gasteiger partial charge in [0.15, 0.2) is 5.84 Å². The first-order valence-corrected chi connectivity index (χ1v) is 6.05. The maximum absolute atomic E-state index is 12.7. The van der Waals surface area contributed by atoms with E-state index in [2.05, 4.69) is 15.6 Å². The Labute approximate surface area is 114 Å². The summed E-state index contributed by atoms with van der Waals surface area (Å²) in [5.41, 5.74) is 6.72. The van der Waals surface area contributed by atoms with Crippen LogP contribution in [0.2, 0.25) is 0 Å². The molecule has 0 aliphatic carbocycles. The molecule has 6 nitrogen and oxygen atoms in total. The summed E-state index contributed by atoms with van der Waals surface area (Å²) in [4.78, 5) is 0. The highest BCUT2D eigenvalue weighted by Crippen LogP contribution is 2.26. The lowest BCUT2D eigenvalue weighted by Crippen LogP contribution is -2.42. The van der Waals surface area contributed by atoms with Crippen LogP contribution in [0.1, 0.15) is 18.2 Å². The number of nitrogens with one attached hydrogen (secondary N) is 1. The lowest BCUT2D eigenvalue weighted by atomic mass is 10.1. The van der Waals surface area contributed by atoms with Gasteiger partial charge >= 0.3 is 6.18 Å². The van der Waals surface area contributed by atoms with E-state index in [1.807, 2.05) is 6.92 Å². The van der Waals surface area contributed by atoms with Crippen molar-refractivity contribution in [1.29, 1.82) is 0 Å². The summed E-state index contributed by atoms with van der Waals surface area (Å²) in [5.74, 6) is -2.87. The largest absolute Gasteiger partial charge is 0.409 e. The van der Waals surface area contributed by atoms with E-state index in [1.54, 1.807) is 17.9 Å². The first kappa shape index (κ1) is 16.3. The molecule has 0 saturated carbocycles. The van der Waals surface area contributed by atoms with Gasteiger partial charge < -0.3 is 16.3 Å². The first-order valence-electron chi connectivity index (χ1n) is 6.05. The van der Waals surface area contributed by atoms with Crippen molar-refractivity contribution in [1.82, 2.24) is 15.1 Å². The molecule has 1 atom stereocenters. The van der Waals surface area contributed by atoms with Crippen LogP contribution in [0.15, 0.2) is 11.4 Å². The molecule has 1 heterocycles. The van der Waals surface area contributed by atoms with Crippen LogP contribution in [0, 0.1) is 5.92 Å². The lowest BCUT2D eigenvalue weighted by molar-refractivity contribution is -0.154. The Kier molecular flexibility index (Phi) is 5.37. The fourth-order valence-electron chi connectivity index (χ4n) is 1.84. The highest BCUT2D eigenvalue weighted by atomic mass is 19.4. The highest BCUT2D eigenvalue weighted by molar-refractivity contribution is 5.83. The molecule has 0 aliphatic rings. The van der Waals surface area contributed by atoms with Gasteiger partial charge in [-0.25, -0.2) is 0 Å². The van der Waals surface area contributed by atoms with E-state index in [1.165, 1.54) is 0 Å². The van der Waals surface area contributed by atoms with Crippen LogP contribution in [-0.4, -0.2) is 33.5 Å². The van der Waals surface area contributed by atoms with Crippen LogP contribution in [0.25, 0.3) is 0 Å². The second kappa shape index (κ2) is 6.60. The van der Waals surface area contributed by atoms with Crippen molar-refractivity contribution in [2.75, 3.05) is 6.54 Å². The molecule has 1 aromatic heterocycles. The van der Waals surface area contributed by atoms with Gasteiger partial charge in [0, 0.05) is 31.9 Å². The molecule has 0 amide bonds. The molecule has 1 rings (SSSR count). The third-order valence-electron chi connectivity index (χ3n) is 2.86. The topological polar surface area (TPSA) is 88.5 Å². The standard InChI is InChI=1S/C11H18F3N5O/c1-3-9-7(6-19(2)17-9)4-16-5-8(10(15)18-20)11(12,13)14/h6,8,16,20H,3-5H2,1-2H3,(H2,15,18). The Morgan fingerprint density at radius 1 is 1.60 bits per heavy atom. The lowest BCUT2D eigenvalue weighted by Gasteiger charge is -2.19. The van der Waals surface area contributed by atoms with Crippen LogP contribution >= 0.6 is 0 Å². The molecule has 0 radical (unpaired) electrons. The predicted molar refractivity (Wildman–Crippen MR) is 67.2 cm³/mol. The van der Waals surface area contributed by atoms with E-state index < -0.39 is 24.5 Å². The minimum absolute atomic E-state index is 0.238. The van der Waals surface area contributed by atoms with Gasteiger partial charge in [-0.2, -0.15) is 18.3 Å². The van der Waals surface area contributed by atoms with Crippen LogP contribution < -0.4 is 11.1 Å². The van der Waals surface area contributed by atoms with Gasteiger partial charge in [-0.3, -0.25) is 4.68 Å². The van der Waals surface area contributed by atoms with E-state index in [9.17, 15) is 13.2 Å². The Hall–Kier alpha value is -1.77. The summed E-state index contributed by atoms with van der Waals surface area (Å²) in [6, 6.07) is 0. The molecule has 20 heavy (non-hydrogen) atoms. The molecule has 114 valence electrons. The van der Waals surface area contributed by atoms with E-state index in [0.29, 0.717) is 6.42 Å². The Balaban J connectivity index is 2.65. The second-order valence-corrected chi connectivity index (χ2v) is 4.38. The Morgan fingerprint density at radius 3 is 2.75 bits per heavy atom. The van der Waals surface area contributed by atoms with Crippen molar-refractivity contribution in [2.45, 2.75) is 26.1 Å². The smallest absolute Gasteiger partial charge is 0.400 e. The number of hydrogen-bond donors (Lipinski definition) is 3. The van der Waals surface area contributed by atoms with Crippen molar-refractivity contribution in [3.63, 3.8) is 0 Å². The van der Waals surface area contributed by atoms with Gasteiger partial charge in [0.25, 0.3) is 0 Å². The van der Waals surface area contributed by atoms with E-state index >= 15 is 0 Å². The van der Waals surface area contributed by atoms with Crippen LogP contribution in [0.5, 0.6) is 0 Å². The molecule has 1 aromatic rings.